The predicted octanol–water partition coefficient (Wildman–Crippen LogP) is 1.46. The first kappa shape index (κ1) is 24.4. The van der Waals surface area contributed by atoms with Crippen molar-refractivity contribution in [1.29, 1.82) is 0 Å². The van der Waals surface area contributed by atoms with Gasteiger partial charge in [-0.05, 0) is 49.4 Å². The van der Waals surface area contributed by atoms with Crippen LogP contribution in [-0.4, -0.2) is 51.7 Å². The Balaban J connectivity index is 1.63. The van der Waals surface area contributed by atoms with E-state index < -0.39 is 0 Å². The van der Waals surface area contributed by atoms with E-state index in [9.17, 15) is 4.79 Å². The summed E-state index contributed by atoms with van der Waals surface area (Å²) in [4.78, 5) is 21.2. The van der Waals surface area contributed by atoms with Crippen molar-refractivity contribution in [3.8, 4) is 5.75 Å². The van der Waals surface area contributed by atoms with Crippen LogP contribution in [0.15, 0.2) is 35.4 Å². The number of hydrogen-bond acceptors (Lipinski definition) is 8. The summed E-state index contributed by atoms with van der Waals surface area (Å²) in [6.45, 7) is 2.76. The monoisotopic (exact) mass is 455 g/mol. The number of aliphatic hydroxyl groups excluding tert-OH is 1. The second kappa shape index (κ2) is 12.1. The molecule has 0 aliphatic heterocycles. The van der Waals surface area contributed by atoms with Crippen molar-refractivity contribution in [2.75, 3.05) is 19.8 Å². The number of aryl methyl sites for hydroxylation is 1. The van der Waals surface area contributed by atoms with Crippen molar-refractivity contribution in [2.24, 2.45) is 22.6 Å². The predicted molar refractivity (Wildman–Crippen MR) is 125 cm³/mol. The minimum Gasteiger partial charge on any atom is -0.491 e. The molecule has 0 bridgehead atoms. The lowest BCUT2D eigenvalue weighted by molar-refractivity contribution is 0.0945. The van der Waals surface area contributed by atoms with Gasteiger partial charge in [-0.3, -0.25) is 4.79 Å². The van der Waals surface area contributed by atoms with Gasteiger partial charge in [0.25, 0.3) is 5.91 Å². The third kappa shape index (κ3) is 7.69. The van der Waals surface area contributed by atoms with Crippen LogP contribution in [0.4, 0.5) is 0 Å². The van der Waals surface area contributed by atoms with E-state index in [1.54, 1.807) is 19.1 Å². The molecule has 1 heterocycles. The van der Waals surface area contributed by atoms with Gasteiger partial charge in [0.2, 0.25) is 0 Å². The van der Waals surface area contributed by atoms with E-state index in [2.05, 4.69) is 20.4 Å². The number of carbonyl (C=O) groups excluding carboxylic acids is 1. The Kier molecular flexibility index (Phi) is 8.96. The van der Waals surface area contributed by atoms with E-state index in [4.69, 9.17) is 21.4 Å². The van der Waals surface area contributed by atoms with E-state index in [1.165, 1.54) is 30.4 Å². The molecule has 1 saturated carbocycles. The number of hydrazone groups is 1. The van der Waals surface area contributed by atoms with E-state index in [-0.39, 0.29) is 37.2 Å². The number of nitrogens with one attached hydrogen (secondary N) is 1. The van der Waals surface area contributed by atoms with Crippen LogP contribution >= 0.6 is 0 Å². The van der Waals surface area contributed by atoms with Gasteiger partial charge in [-0.15, -0.1) is 5.10 Å². The summed E-state index contributed by atoms with van der Waals surface area (Å²) in [5, 5.41) is 17.4. The standard InChI is InChI=1S/C23H33N7O3/c1-16-27-20(22(24)29-30(25)15-17-6-3-2-4-7-17)13-21(28-16)23(32)26-14-18-8-5-9-19(12-18)33-11-10-31/h5,8-9,12-13,17,31H,2-4,6-7,10-11,14-15,25H2,1H3,(H2,24,29)(H,26,32). The lowest BCUT2D eigenvalue weighted by Crippen LogP contribution is -2.35. The first-order chi connectivity index (χ1) is 15.9. The fourth-order valence-electron chi connectivity index (χ4n) is 3.86. The number of amidine groups is 1. The quantitative estimate of drug-likeness (QED) is 0.182. The average Bonchev–Trinajstić information content (AvgIpc) is 2.81. The van der Waals surface area contributed by atoms with Crippen LogP contribution < -0.4 is 21.6 Å². The van der Waals surface area contributed by atoms with Crippen LogP contribution in [-0.2, 0) is 6.54 Å². The van der Waals surface area contributed by atoms with Gasteiger partial charge in [-0.1, -0.05) is 31.4 Å². The number of aromatic nitrogens is 2. The molecule has 1 amide bonds. The highest BCUT2D eigenvalue weighted by Gasteiger charge is 2.17. The Morgan fingerprint density at radius 2 is 2.00 bits per heavy atom. The van der Waals surface area contributed by atoms with Gasteiger partial charge in [0.05, 0.1) is 13.2 Å². The number of nitrogens with zero attached hydrogens (tertiary/aromatic N) is 4. The molecule has 0 unspecified atom stereocenters. The summed E-state index contributed by atoms with van der Waals surface area (Å²) in [5.41, 5.74) is 7.54. The zero-order valence-corrected chi connectivity index (χ0v) is 19.0. The van der Waals surface area contributed by atoms with Gasteiger partial charge in [0.1, 0.15) is 29.6 Å². The normalized spacial score (nSPS) is 14.7. The summed E-state index contributed by atoms with van der Waals surface area (Å²) < 4.78 is 5.40. The van der Waals surface area contributed by atoms with Crippen molar-refractivity contribution in [2.45, 2.75) is 45.6 Å². The topological polar surface area (TPSA) is 152 Å². The maximum Gasteiger partial charge on any atom is 0.270 e. The SMILES string of the molecule is Cc1nc(C(=O)NCc2cccc(OCCO)c2)cc(/C(N)=N/N(N)CC2CCCCC2)n1. The smallest absolute Gasteiger partial charge is 0.270 e. The second-order valence-corrected chi connectivity index (χ2v) is 8.20. The third-order valence-electron chi connectivity index (χ3n) is 5.45. The van der Waals surface area contributed by atoms with Crippen LogP contribution in [0.3, 0.4) is 0 Å². The molecule has 178 valence electrons. The molecular formula is C23H33N7O3. The van der Waals surface area contributed by atoms with Gasteiger partial charge >= 0.3 is 0 Å². The van der Waals surface area contributed by atoms with Crippen LogP contribution in [0.1, 0.15) is 59.7 Å². The van der Waals surface area contributed by atoms with Crippen LogP contribution in [0, 0.1) is 12.8 Å². The van der Waals surface area contributed by atoms with Crippen molar-refractivity contribution < 1.29 is 14.6 Å². The summed E-state index contributed by atoms with van der Waals surface area (Å²) in [5.74, 6) is 7.38. The van der Waals surface area contributed by atoms with Crippen molar-refractivity contribution >= 4 is 11.7 Å². The summed E-state index contributed by atoms with van der Waals surface area (Å²) in [6.07, 6.45) is 6.02. The number of hydrazine groups is 1. The van der Waals surface area contributed by atoms with Crippen LogP contribution in [0.2, 0.25) is 0 Å². The second-order valence-electron chi connectivity index (χ2n) is 8.20. The van der Waals surface area contributed by atoms with Gasteiger partial charge in [0, 0.05) is 6.54 Å². The van der Waals surface area contributed by atoms with Gasteiger partial charge in [0.15, 0.2) is 5.84 Å². The van der Waals surface area contributed by atoms with Crippen molar-refractivity contribution in [3.05, 3.63) is 53.1 Å². The van der Waals surface area contributed by atoms with Crippen LogP contribution in [0.5, 0.6) is 5.75 Å². The minimum atomic E-state index is -0.358. The third-order valence-corrected chi connectivity index (χ3v) is 5.45. The van der Waals surface area contributed by atoms with Gasteiger partial charge in [-0.2, -0.15) is 0 Å². The summed E-state index contributed by atoms with van der Waals surface area (Å²) >= 11 is 0. The highest BCUT2D eigenvalue weighted by molar-refractivity contribution is 5.99. The summed E-state index contributed by atoms with van der Waals surface area (Å²) in [6, 6.07) is 8.80. The highest BCUT2D eigenvalue weighted by Crippen LogP contribution is 2.23. The lowest BCUT2D eigenvalue weighted by atomic mass is 9.89. The Morgan fingerprint density at radius 1 is 1.24 bits per heavy atom. The molecule has 3 rings (SSSR count). The fourth-order valence-corrected chi connectivity index (χ4v) is 3.86. The van der Waals surface area contributed by atoms with E-state index in [0.717, 1.165) is 18.4 Å². The first-order valence-electron chi connectivity index (χ1n) is 11.3. The Labute approximate surface area is 194 Å². The molecule has 2 aromatic rings. The van der Waals surface area contributed by atoms with E-state index >= 15 is 0 Å². The number of amides is 1. The molecule has 33 heavy (non-hydrogen) atoms. The molecule has 1 aromatic carbocycles. The number of carbonyl (C=O) groups is 1. The van der Waals surface area contributed by atoms with Gasteiger partial charge < -0.3 is 20.9 Å². The molecular weight excluding hydrogens is 422 g/mol. The number of hydrogen-bond donors (Lipinski definition) is 4. The molecule has 0 atom stereocenters. The van der Waals surface area contributed by atoms with Crippen molar-refractivity contribution in [1.82, 2.24) is 20.4 Å². The van der Waals surface area contributed by atoms with Crippen LogP contribution in [0.25, 0.3) is 0 Å². The largest absolute Gasteiger partial charge is 0.491 e. The van der Waals surface area contributed by atoms with E-state index in [0.29, 0.717) is 29.7 Å². The highest BCUT2D eigenvalue weighted by atomic mass is 16.5. The molecule has 1 aliphatic carbocycles. The summed E-state index contributed by atoms with van der Waals surface area (Å²) in [7, 11) is 0. The Bertz CT molecular complexity index is 961. The Morgan fingerprint density at radius 3 is 2.76 bits per heavy atom. The maximum atomic E-state index is 12.7. The van der Waals surface area contributed by atoms with Gasteiger partial charge in [-0.25, -0.2) is 20.9 Å². The number of ether oxygens (including phenoxy) is 1. The molecule has 0 spiro atoms. The first-order valence-corrected chi connectivity index (χ1v) is 11.3. The van der Waals surface area contributed by atoms with Crippen molar-refractivity contribution in [3.63, 3.8) is 0 Å². The molecule has 1 fully saturated rings. The minimum absolute atomic E-state index is 0.0642. The lowest BCUT2D eigenvalue weighted by Gasteiger charge is -2.25. The average molecular weight is 456 g/mol. The number of rotatable bonds is 10. The Hall–Kier alpha value is -3.24. The molecule has 1 aromatic heterocycles. The zero-order valence-electron chi connectivity index (χ0n) is 19.0. The molecule has 1 aliphatic rings. The number of nitrogens with two attached hydrogens (primary N) is 2. The molecule has 0 saturated heterocycles. The molecule has 6 N–H and O–H groups in total. The maximum absolute atomic E-state index is 12.7. The molecule has 10 nitrogen and oxygen atoms in total. The zero-order chi connectivity index (χ0) is 23.6. The molecule has 10 heteroatoms. The van der Waals surface area contributed by atoms with E-state index in [1.807, 2.05) is 12.1 Å². The molecule has 0 radical (unpaired) electrons. The number of aliphatic hydroxyl groups is 1. The number of benzene rings is 1. The fraction of sp³-hybridized carbons (Fsp3) is 0.478.